The molecule has 0 amide bonds. The Balaban J connectivity index is 1.87. The summed E-state index contributed by atoms with van der Waals surface area (Å²) in [5, 5.41) is 0. The smallest absolute Gasteiger partial charge is 0.0772 e. The van der Waals surface area contributed by atoms with Crippen LogP contribution in [0.5, 0.6) is 0 Å². The number of hydrogen-bond acceptors (Lipinski definition) is 4. The summed E-state index contributed by atoms with van der Waals surface area (Å²) in [5.41, 5.74) is 7.71. The molecule has 1 aromatic heterocycles. The molecular weight excluding hydrogens is 236 g/mol. The van der Waals surface area contributed by atoms with Crippen LogP contribution in [0.3, 0.4) is 0 Å². The van der Waals surface area contributed by atoms with Crippen molar-refractivity contribution in [2.24, 2.45) is 5.73 Å². The molecule has 4 nitrogen and oxygen atoms in total. The van der Waals surface area contributed by atoms with Crippen LogP contribution >= 0.6 is 0 Å². The first kappa shape index (κ1) is 13.0. The zero-order valence-corrected chi connectivity index (χ0v) is 11.6. The van der Waals surface area contributed by atoms with Gasteiger partial charge in [0.25, 0.3) is 0 Å². The van der Waals surface area contributed by atoms with Gasteiger partial charge in [-0.1, -0.05) is 19.3 Å². The molecule has 19 heavy (non-hydrogen) atoms. The first-order valence-electron chi connectivity index (χ1n) is 7.59. The molecule has 3 rings (SSSR count). The molecule has 0 radical (unpaired) electrons. The number of likely N-dealkylation sites (tertiary alicyclic amines) is 1. The molecule has 1 saturated heterocycles. The predicted molar refractivity (Wildman–Crippen MR) is 75.6 cm³/mol. The van der Waals surface area contributed by atoms with Gasteiger partial charge in [-0.3, -0.25) is 14.9 Å². The minimum atomic E-state index is 0.00167. The number of aromatic nitrogens is 2. The van der Waals surface area contributed by atoms with Crippen LogP contribution in [0.2, 0.25) is 0 Å². The van der Waals surface area contributed by atoms with E-state index in [4.69, 9.17) is 5.73 Å². The van der Waals surface area contributed by atoms with E-state index in [1.807, 2.05) is 6.20 Å². The Labute approximate surface area is 115 Å². The third kappa shape index (κ3) is 2.39. The summed E-state index contributed by atoms with van der Waals surface area (Å²) >= 11 is 0. The Hall–Kier alpha value is -1.00. The Morgan fingerprint density at radius 2 is 1.79 bits per heavy atom. The Bertz CT molecular complexity index is 394. The fourth-order valence-electron chi connectivity index (χ4n) is 3.90. The molecule has 2 aliphatic rings. The van der Waals surface area contributed by atoms with Gasteiger partial charge in [0.05, 0.1) is 17.9 Å². The maximum atomic E-state index is 6.62. The van der Waals surface area contributed by atoms with E-state index in [0.717, 1.165) is 5.69 Å². The van der Waals surface area contributed by atoms with Crippen LogP contribution in [-0.2, 0) is 0 Å². The van der Waals surface area contributed by atoms with Gasteiger partial charge in [-0.15, -0.1) is 0 Å². The van der Waals surface area contributed by atoms with E-state index in [2.05, 4.69) is 14.9 Å². The average molecular weight is 260 g/mol. The van der Waals surface area contributed by atoms with Crippen LogP contribution in [0, 0.1) is 0 Å². The summed E-state index contributed by atoms with van der Waals surface area (Å²) in [6.45, 7) is 2.40. The van der Waals surface area contributed by atoms with E-state index in [1.54, 1.807) is 12.4 Å². The standard InChI is InChI=1S/C15H24N4/c16-14(13-12-17-8-9-18-13)15(6-2-3-7-15)19-10-4-1-5-11-19/h8-9,12,14H,1-7,10-11,16H2. The molecule has 1 aliphatic carbocycles. The fraction of sp³-hybridized carbons (Fsp3) is 0.733. The van der Waals surface area contributed by atoms with Crippen molar-refractivity contribution >= 4 is 0 Å². The molecule has 4 heteroatoms. The first-order valence-corrected chi connectivity index (χ1v) is 7.59. The van der Waals surface area contributed by atoms with Gasteiger partial charge in [0.2, 0.25) is 0 Å². The van der Waals surface area contributed by atoms with E-state index in [1.165, 1.54) is 58.0 Å². The number of piperidine rings is 1. The summed E-state index contributed by atoms with van der Waals surface area (Å²) in [6.07, 6.45) is 14.3. The van der Waals surface area contributed by atoms with Crippen molar-refractivity contribution in [1.29, 1.82) is 0 Å². The summed E-state index contributed by atoms with van der Waals surface area (Å²) in [6, 6.07) is 0.00167. The highest BCUT2D eigenvalue weighted by molar-refractivity contribution is 5.14. The molecule has 0 bridgehead atoms. The summed E-state index contributed by atoms with van der Waals surface area (Å²) in [4.78, 5) is 11.3. The van der Waals surface area contributed by atoms with E-state index in [-0.39, 0.29) is 11.6 Å². The Morgan fingerprint density at radius 1 is 1.05 bits per heavy atom. The maximum absolute atomic E-state index is 6.62. The lowest BCUT2D eigenvalue weighted by Crippen LogP contribution is -2.55. The predicted octanol–water partition coefficient (Wildman–Crippen LogP) is 2.28. The second kappa shape index (κ2) is 5.55. The summed E-state index contributed by atoms with van der Waals surface area (Å²) < 4.78 is 0. The van der Waals surface area contributed by atoms with Crippen LogP contribution in [0.15, 0.2) is 18.6 Å². The van der Waals surface area contributed by atoms with Crippen LogP contribution in [-0.4, -0.2) is 33.5 Å². The number of nitrogens with two attached hydrogens (primary N) is 1. The molecule has 1 atom stereocenters. The Morgan fingerprint density at radius 3 is 2.42 bits per heavy atom. The summed E-state index contributed by atoms with van der Waals surface area (Å²) in [5.74, 6) is 0. The van der Waals surface area contributed by atoms with Gasteiger partial charge in [-0.05, 0) is 38.8 Å². The van der Waals surface area contributed by atoms with Gasteiger partial charge in [-0.25, -0.2) is 0 Å². The molecule has 2 N–H and O–H groups in total. The molecule has 1 saturated carbocycles. The molecule has 1 unspecified atom stereocenters. The lowest BCUT2D eigenvalue weighted by atomic mass is 9.83. The lowest BCUT2D eigenvalue weighted by Gasteiger charge is -2.47. The van der Waals surface area contributed by atoms with Crippen molar-refractivity contribution < 1.29 is 0 Å². The van der Waals surface area contributed by atoms with Gasteiger partial charge in [-0.2, -0.15) is 0 Å². The van der Waals surface area contributed by atoms with Crippen molar-refractivity contribution in [3.8, 4) is 0 Å². The van der Waals surface area contributed by atoms with Gasteiger partial charge in [0, 0.05) is 17.9 Å². The minimum Gasteiger partial charge on any atom is -0.321 e. The SMILES string of the molecule is NC(c1cnccn1)C1(N2CCCCC2)CCCC1. The first-order chi connectivity index (χ1) is 9.33. The maximum Gasteiger partial charge on any atom is 0.0772 e. The highest BCUT2D eigenvalue weighted by Gasteiger charge is 2.45. The van der Waals surface area contributed by atoms with E-state index >= 15 is 0 Å². The summed E-state index contributed by atoms with van der Waals surface area (Å²) in [7, 11) is 0. The van der Waals surface area contributed by atoms with E-state index in [0.29, 0.717) is 0 Å². The normalized spacial score (nSPS) is 25.3. The zero-order valence-electron chi connectivity index (χ0n) is 11.6. The monoisotopic (exact) mass is 260 g/mol. The third-order valence-electron chi connectivity index (χ3n) is 4.94. The minimum absolute atomic E-state index is 0.00167. The van der Waals surface area contributed by atoms with Crippen LogP contribution < -0.4 is 5.73 Å². The molecular formula is C15H24N4. The molecule has 0 spiro atoms. The van der Waals surface area contributed by atoms with E-state index in [9.17, 15) is 0 Å². The molecule has 0 aromatic carbocycles. The second-order valence-electron chi connectivity index (χ2n) is 5.97. The van der Waals surface area contributed by atoms with Gasteiger partial charge in [0.15, 0.2) is 0 Å². The van der Waals surface area contributed by atoms with Crippen LogP contribution in [0.1, 0.15) is 56.7 Å². The van der Waals surface area contributed by atoms with Gasteiger partial charge < -0.3 is 5.73 Å². The molecule has 1 aliphatic heterocycles. The lowest BCUT2D eigenvalue weighted by molar-refractivity contribution is 0.0466. The van der Waals surface area contributed by atoms with Crippen molar-refractivity contribution in [2.45, 2.75) is 56.5 Å². The topological polar surface area (TPSA) is 55.0 Å². The van der Waals surface area contributed by atoms with Crippen LogP contribution in [0.4, 0.5) is 0 Å². The zero-order chi connectivity index (χ0) is 13.1. The quantitative estimate of drug-likeness (QED) is 0.906. The van der Waals surface area contributed by atoms with Gasteiger partial charge >= 0.3 is 0 Å². The number of nitrogens with zero attached hydrogens (tertiary/aromatic N) is 3. The molecule has 2 fully saturated rings. The second-order valence-corrected chi connectivity index (χ2v) is 5.97. The van der Waals surface area contributed by atoms with Crippen LogP contribution in [0.25, 0.3) is 0 Å². The highest BCUT2D eigenvalue weighted by Crippen LogP contribution is 2.43. The number of hydrogen-bond donors (Lipinski definition) is 1. The molecule has 104 valence electrons. The van der Waals surface area contributed by atoms with Crippen molar-refractivity contribution in [3.05, 3.63) is 24.3 Å². The average Bonchev–Trinajstić information content (AvgIpc) is 2.99. The van der Waals surface area contributed by atoms with E-state index < -0.39 is 0 Å². The fourth-order valence-corrected chi connectivity index (χ4v) is 3.90. The van der Waals surface area contributed by atoms with Crippen molar-refractivity contribution in [1.82, 2.24) is 14.9 Å². The van der Waals surface area contributed by atoms with Crippen molar-refractivity contribution in [3.63, 3.8) is 0 Å². The third-order valence-corrected chi connectivity index (χ3v) is 4.94. The highest BCUT2D eigenvalue weighted by atomic mass is 15.2. The largest absolute Gasteiger partial charge is 0.321 e. The molecule has 1 aromatic rings. The Kier molecular flexibility index (Phi) is 3.80. The van der Waals surface area contributed by atoms with Crippen molar-refractivity contribution in [2.75, 3.05) is 13.1 Å². The number of rotatable bonds is 3. The van der Waals surface area contributed by atoms with Gasteiger partial charge in [0.1, 0.15) is 0 Å². The molecule has 2 heterocycles.